The van der Waals surface area contributed by atoms with Gasteiger partial charge < -0.3 is 15.1 Å². The number of likely N-dealkylation sites (tertiary alicyclic amines) is 1. The van der Waals surface area contributed by atoms with Crippen LogP contribution in [0.1, 0.15) is 25.7 Å². The number of piperidine rings is 1. The monoisotopic (exact) mass is 556 g/mol. The van der Waals surface area contributed by atoms with E-state index in [0.29, 0.717) is 25.6 Å². The molecule has 0 aliphatic carbocycles. The van der Waals surface area contributed by atoms with E-state index in [1.165, 1.54) is 6.26 Å². The molecule has 30 heavy (non-hydrogen) atoms. The highest BCUT2D eigenvalue weighted by molar-refractivity contribution is 14.0. The minimum atomic E-state index is -3.07. The van der Waals surface area contributed by atoms with Crippen molar-refractivity contribution in [2.24, 2.45) is 10.9 Å². The summed E-state index contributed by atoms with van der Waals surface area (Å²) in [5.74, 6) is 1.63. The normalized spacial score (nSPS) is 22.8. The molecule has 3 aliphatic heterocycles. The molecule has 0 unspecified atom stereocenters. The van der Waals surface area contributed by atoms with Crippen LogP contribution in [0.5, 0.6) is 0 Å². The highest BCUT2D eigenvalue weighted by Gasteiger charge is 2.27. The highest BCUT2D eigenvalue weighted by atomic mass is 127. The lowest BCUT2D eigenvalue weighted by Crippen LogP contribution is -2.54. The second-order valence-corrected chi connectivity index (χ2v) is 10.4. The van der Waals surface area contributed by atoms with E-state index in [4.69, 9.17) is 0 Å². The third kappa shape index (κ3) is 7.20. The Labute approximate surface area is 198 Å². The number of piperazine rings is 1. The molecule has 174 valence electrons. The standard InChI is InChI=1S/C19H36N6O3S.HI/c1-20-19(21-15-17-5-9-25(10-6-17)29(2,27)28)24-13-11-22(12-14-24)16-18(26)23-7-3-4-8-23;/h17H,3-16H2,1-2H3,(H,20,21);1H. The first-order valence-corrected chi connectivity index (χ1v) is 12.6. The Kier molecular flexibility index (Phi) is 10.1. The molecule has 3 fully saturated rings. The fourth-order valence-electron chi connectivity index (χ4n) is 4.39. The van der Waals surface area contributed by atoms with Crippen LogP contribution in [0.4, 0.5) is 0 Å². The van der Waals surface area contributed by atoms with Crippen molar-refractivity contribution in [2.75, 3.05) is 78.8 Å². The highest BCUT2D eigenvalue weighted by Crippen LogP contribution is 2.18. The van der Waals surface area contributed by atoms with E-state index in [2.05, 4.69) is 20.1 Å². The van der Waals surface area contributed by atoms with Crippen LogP contribution in [0.15, 0.2) is 4.99 Å². The van der Waals surface area contributed by atoms with Gasteiger partial charge in [0.1, 0.15) is 0 Å². The molecule has 9 nitrogen and oxygen atoms in total. The number of amides is 1. The summed E-state index contributed by atoms with van der Waals surface area (Å²) in [6, 6.07) is 0. The average molecular weight is 557 g/mol. The lowest BCUT2D eigenvalue weighted by molar-refractivity contribution is -0.131. The Hall–Kier alpha value is -0.660. The third-order valence-electron chi connectivity index (χ3n) is 6.29. The number of carbonyl (C=O) groups is 1. The van der Waals surface area contributed by atoms with E-state index in [9.17, 15) is 13.2 Å². The maximum atomic E-state index is 12.3. The summed E-state index contributed by atoms with van der Waals surface area (Å²) in [5, 5.41) is 3.48. The Balaban J connectivity index is 0.00000320. The summed E-state index contributed by atoms with van der Waals surface area (Å²) < 4.78 is 24.8. The van der Waals surface area contributed by atoms with Crippen molar-refractivity contribution in [3.05, 3.63) is 0 Å². The molecule has 1 amide bonds. The van der Waals surface area contributed by atoms with Crippen molar-refractivity contribution in [2.45, 2.75) is 25.7 Å². The van der Waals surface area contributed by atoms with E-state index >= 15 is 0 Å². The molecule has 3 saturated heterocycles. The van der Waals surface area contributed by atoms with E-state index in [-0.39, 0.29) is 29.9 Å². The average Bonchev–Trinajstić information content (AvgIpc) is 3.24. The van der Waals surface area contributed by atoms with Crippen molar-refractivity contribution < 1.29 is 13.2 Å². The number of sulfonamides is 1. The Bertz CT molecular complexity index is 682. The predicted octanol–water partition coefficient (Wildman–Crippen LogP) is 0.0914. The summed E-state index contributed by atoms with van der Waals surface area (Å²) in [7, 11) is -1.27. The minimum absolute atomic E-state index is 0. The Morgan fingerprint density at radius 3 is 2.10 bits per heavy atom. The van der Waals surface area contributed by atoms with Crippen molar-refractivity contribution in [1.29, 1.82) is 0 Å². The van der Waals surface area contributed by atoms with Crippen LogP contribution >= 0.6 is 24.0 Å². The second kappa shape index (κ2) is 11.8. The zero-order valence-corrected chi connectivity index (χ0v) is 21.4. The van der Waals surface area contributed by atoms with Gasteiger partial charge in [-0.05, 0) is 31.6 Å². The van der Waals surface area contributed by atoms with Crippen LogP contribution in [-0.2, 0) is 14.8 Å². The molecule has 1 N–H and O–H groups in total. The van der Waals surface area contributed by atoms with E-state index < -0.39 is 10.0 Å². The molecule has 0 atom stereocenters. The lowest BCUT2D eigenvalue weighted by atomic mass is 9.98. The third-order valence-corrected chi connectivity index (χ3v) is 7.60. The Morgan fingerprint density at radius 1 is 0.967 bits per heavy atom. The van der Waals surface area contributed by atoms with Crippen LogP contribution in [0.3, 0.4) is 0 Å². The van der Waals surface area contributed by atoms with Crippen LogP contribution in [0, 0.1) is 5.92 Å². The zero-order valence-electron chi connectivity index (χ0n) is 18.3. The summed E-state index contributed by atoms with van der Waals surface area (Å²) in [4.78, 5) is 23.3. The topological polar surface area (TPSA) is 88.6 Å². The van der Waals surface area contributed by atoms with E-state index in [0.717, 1.165) is 77.5 Å². The fourth-order valence-corrected chi connectivity index (χ4v) is 5.26. The van der Waals surface area contributed by atoms with Gasteiger partial charge in [-0.2, -0.15) is 0 Å². The van der Waals surface area contributed by atoms with Gasteiger partial charge in [-0.3, -0.25) is 14.7 Å². The first-order chi connectivity index (χ1) is 13.9. The molecule has 0 saturated carbocycles. The van der Waals surface area contributed by atoms with Crippen molar-refractivity contribution in [3.8, 4) is 0 Å². The molecule has 3 heterocycles. The number of carbonyl (C=O) groups excluding carboxylic acids is 1. The molecule has 0 radical (unpaired) electrons. The van der Waals surface area contributed by atoms with Gasteiger partial charge in [0.15, 0.2) is 5.96 Å². The Morgan fingerprint density at radius 2 is 1.57 bits per heavy atom. The van der Waals surface area contributed by atoms with Gasteiger partial charge in [0.2, 0.25) is 15.9 Å². The first kappa shape index (κ1) is 25.6. The van der Waals surface area contributed by atoms with Crippen LogP contribution in [0.25, 0.3) is 0 Å². The number of aliphatic imine (C=N–C) groups is 1. The van der Waals surface area contributed by atoms with Crippen LogP contribution < -0.4 is 5.32 Å². The summed E-state index contributed by atoms with van der Waals surface area (Å²) in [6.07, 6.45) is 5.31. The summed E-state index contributed by atoms with van der Waals surface area (Å²) in [5.41, 5.74) is 0. The van der Waals surface area contributed by atoms with Crippen LogP contribution in [-0.4, -0.2) is 118 Å². The number of nitrogens with one attached hydrogen (secondary N) is 1. The van der Waals surface area contributed by atoms with Gasteiger partial charge in [-0.25, -0.2) is 12.7 Å². The lowest BCUT2D eigenvalue weighted by Gasteiger charge is -2.37. The fraction of sp³-hybridized carbons (Fsp3) is 0.895. The molecular formula is C19H37IN6O3S. The van der Waals surface area contributed by atoms with E-state index in [1.54, 1.807) is 11.4 Å². The van der Waals surface area contributed by atoms with Gasteiger partial charge in [-0.1, -0.05) is 0 Å². The first-order valence-electron chi connectivity index (χ1n) is 10.8. The SMILES string of the molecule is CN=C(NCC1CCN(S(C)(=O)=O)CC1)N1CCN(CC(=O)N2CCCC2)CC1.I. The van der Waals surface area contributed by atoms with Gasteiger partial charge in [-0.15, -0.1) is 24.0 Å². The molecule has 0 spiro atoms. The predicted molar refractivity (Wildman–Crippen MR) is 130 cm³/mol. The van der Waals surface area contributed by atoms with Gasteiger partial charge in [0.05, 0.1) is 12.8 Å². The van der Waals surface area contributed by atoms with E-state index in [1.807, 2.05) is 4.90 Å². The smallest absolute Gasteiger partial charge is 0.236 e. The molecule has 0 aromatic carbocycles. The van der Waals surface area contributed by atoms with Gasteiger partial charge in [0.25, 0.3) is 0 Å². The van der Waals surface area contributed by atoms with Crippen molar-refractivity contribution in [1.82, 2.24) is 24.3 Å². The summed E-state index contributed by atoms with van der Waals surface area (Å²) >= 11 is 0. The number of guanidine groups is 1. The number of hydrogen-bond acceptors (Lipinski definition) is 5. The molecule has 3 aliphatic rings. The molecule has 0 aromatic heterocycles. The van der Waals surface area contributed by atoms with Gasteiger partial charge >= 0.3 is 0 Å². The molecule has 11 heteroatoms. The maximum absolute atomic E-state index is 12.3. The number of rotatable bonds is 5. The number of hydrogen-bond donors (Lipinski definition) is 1. The number of nitrogens with zero attached hydrogens (tertiary/aromatic N) is 5. The molecular weight excluding hydrogens is 519 g/mol. The second-order valence-electron chi connectivity index (χ2n) is 8.38. The molecule has 0 aromatic rings. The van der Waals surface area contributed by atoms with Crippen molar-refractivity contribution in [3.63, 3.8) is 0 Å². The summed E-state index contributed by atoms with van der Waals surface area (Å²) in [6.45, 7) is 7.84. The van der Waals surface area contributed by atoms with Crippen molar-refractivity contribution >= 4 is 45.9 Å². The maximum Gasteiger partial charge on any atom is 0.236 e. The van der Waals surface area contributed by atoms with Gasteiger partial charge in [0, 0.05) is 66.0 Å². The number of halogens is 1. The molecule has 3 rings (SSSR count). The minimum Gasteiger partial charge on any atom is -0.356 e. The largest absolute Gasteiger partial charge is 0.356 e. The van der Waals surface area contributed by atoms with Crippen LogP contribution in [0.2, 0.25) is 0 Å². The zero-order chi connectivity index (χ0) is 20.9. The quantitative estimate of drug-likeness (QED) is 0.294. The molecule has 0 bridgehead atoms.